The number of amides is 3. The monoisotopic (exact) mass is 976 g/mol. The van der Waals surface area contributed by atoms with Crippen LogP contribution in [-0.4, -0.2) is 104 Å². The highest BCUT2D eigenvalue weighted by molar-refractivity contribution is 6.68. The van der Waals surface area contributed by atoms with Gasteiger partial charge in [0.2, 0.25) is 3.79 Å². The number of carbonyl (C=O) groups is 3. The summed E-state index contributed by atoms with van der Waals surface area (Å²) in [6.07, 6.45) is 1.57. The van der Waals surface area contributed by atoms with Crippen LogP contribution in [0.4, 0.5) is 22.8 Å². The number of para-hydroxylation sites is 1. The zero-order valence-electron chi connectivity index (χ0n) is 35.9. The van der Waals surface area contributed by atoms with Gasteiger partial charge in [-0.25, -0.2) is 18.4 Å². The van der Waals surface area contributed by atoms with E-state index < -0.39 is 61.5 Å². The standard InChI is InChI=1S/C37H44Cl4N4O8.C6H4F2O.CH3F/c1-5-11-24-14-16-25(17-15-24)27-20-36-23-43(33(47)51-18-9-10-19-52-45(49)50)22-29(36)44(34(48)53-35(3,4)37(39,40)41)31(36)30(27)32(46)42(6-2)21-26-12-7-8-13-28(26)38;7-4-2-1-3-5(8)6(4)9;1-2/h7-8,12-17,29,31H,5-6,9-11,18-23H2,1-4H3;1-3,9H;1H3. The summed E-state index contributed by atoms with van der Waals surface area (Å²) in [5.41, 5.74) is 1.70. The van der Waals surface area contributed by atoms with Gasteiger partial charge in [-0.1, -0.05) is 108 Å². The fraction of sp³-hybridized carbons (Fsp3) is 0.477. The average Bonchev–Trinajstić information content (AvgIpc) is 3.71. The molecule has 1 spiro atoms. The third kappa shape index (κ3) is 11.8. The lowest BCUT2D eigenvalue weighted by Gasteiger charge is -2.57. The van der Waals surface area contributed by atoms with Crippen LogP contribution in [-0.2, 0) is 32.1 Å². The van der Waals surface area contributed by atoms with Crippen LogP contribution in [0.25, 0.3) is 5.57 Å². The fourth-order valence-electron chi connectivity index (χ4n) is 7.99. The third-order valence-electron chi connectivity index (χ3n) is 11.3. The van der Waals surface area contributed by atoms with Gasteiger partial charge in [0, 0.05) is 42.2 Å². The Morgan fingerprint density at radius 1 is 0.953 bits per heavy atom. The van der Waals surface area contributed by atoms with Gasteiger partial charge in [0.15, 0.2) is 23.0 Å². The zero-order chi connectivity index (χ0) is 47.6. The Kier molecular flexibility index (Phi) is 18.3. The molecule has 0 aromatic heterocycles. The summed E-state index contributed by atoms with van der Waals surface area (Å²) in [5, 5.41) is 18.6. The molecule has 3 aromatic carbocycles. The molecule has 20 heteroatoms. The topological polar surface area (TPSA) is 152 Å². The second-order valence-corrected chi connectivity index (χ2v) is 18.4. The van der Waals surface area contributed by atoms with E-state index in [0.717, 1.165) is 47.2 Å². The molecule has 2 fully saturated rings. The summed E-state index contributed by atoms with van der Waals surface area (Å²) < 4.78 is 43.1. The number of aryl methyl sites for hydroxylation is 1. The van der Waals surface area contributed by atoms with Gasteiger partial charge >= 0.3 is 12.2 Å². The van der Waals surface area contributed by atoms with E-state index in [-0.39, 0.29) is 38.8 Å². The Hall–Kier alpha value is -4.64. The highest BCUT2D eigenvalue weighted by Crippen LogP contribution is 2.63. The largest absolute Gasteiger partial charge is 0.503 e. The summed E-state index contributed by atoms with van der Waals surface area (Å²) in [7, 11) is 0.500. The van der Waals surface area contributed by atoms with E-state index in [1.54, 1.807) is 11.0 Å². The average molecular weight is 979 g/mol. The number of halogens is 7. The van der Waals surface area contributed by atoms with Crippen molar-refractivity contribution < 1.29 is 52.1 Å². The van der Waals surface area contributed by atoms with Crippen LogP contribution in [0.1, 0.15) is 70.1 Å². The van der Waals surface area contributed by atoms with E-state index in [1.165, 1.54) is 29.7 Å². The molecule has 350 valence electrons. The molecule has 2 heterocycles. The van der Waals surface area contributed by atoms with Crippen molar-refractivity contribution in [3.05, 3.63) is 116 Å². The zero-order valence-corrected chi connectivity index (χ0v) is 39.0. The Balaban J connectivity index is 0.000000718. The van der Waals surface area contributed by atoms with Gasteiger partial charge in [0.25, 0.3) is 11.0 Å². The van der Waals surface area contributed by atoms with Crippen molar-refractivity contribution in [1.82, 2.24) is 14.7 Å². The number of phenols is 1. The number of aromatic hydroxyl groups is 1. The number of nitrogens with zero attached hydrogens (tertiary/aromatic N) is 4. The van der Waals surface area contributed by atoms with E-state index in [0.29, 0.717) is 43.6 Å². The second-order valence-electron chi connectivity index (χ2n) is 15.7. The van der Waals surface area contributed by atoms with Crippen LogP contribution in [0, 0.1) is 27.2 Å². The fourth-order valence-corrected chi connectivity index (χ4v) is 8.30. The molecule has 3 atom stereocenters. The van der Waals surface area contributed by atoms with Crippen LogP contribution in [0.3, 0.4) is 0 Å². The first kappa shape index (κ1) is 52.0. The molecule has 1 N–H and O–H groups in total. The molecule has 64 heavy (non-hydrogen) atoms. The van der Waals surface area contributed by atoms with E-state index in [4.69, 9.17) is 61.0 Å². The molecule has 0 radical (unpaired) electrons. The molecule has 1 aliphatic carbocycles. The molecule has 3 unspecified atom stereocenters. The minimum absolute atomic E-state index is 0.0194. The Bertz CT molecular complexity index is 2140. The van der Waals surface area contributed by atoms with Gasteiger partial charge in [-0.3, -0.25) is 14.1 Å². The summed E-state index contributed by atoms with van der Waals surface area (Å²) in [6, 6.07) is 17.3. The molecule has 2 saturated heterocycles. The van der Waals surface area contributed by atoms with E-state index in [9.17, 15) is 37.7 Å². The summed E-state index contributed by atoms with van der Waals surface area (Å²) in [4.78, 5) is 62.2. The molecule has 13 nitrogen and oxygen atoms in total. The van der Waals surface area contributed by atoms with Crippen molar-refractivity contribution in [2.45, 2.75) is 87.8 Å². The van der Waals surface area contributed by atoms with E-state index in [1.807, 2.05) is 37.3 Å². The molecule has 0 saturated carbocycles. The van der Waals surface area contributed by atoms with Crippen LogP contribution >= 0.6 is 46.4 Å². The smallest absolute Gasteiger partial charge is 0.411 e. The second kappa shape index (κ2) is 22.5. The maximum absolute atomic E-state index is 14.9. The van der Waals surface area contributed by atoms with Gasteiger partial charge in [0.05, 0.1) is 32.5 Å². The lowest BCUT2D eigenvalue weighted by molar-refractivity contribution is -0.757. The number of benzene rings is 3. The van der Waals surface area contributed by atoms with Crippen molar-refractivity contribution in [1.29, 1.82) is 0 Å². The number of hydrogen-bond acceptors (Lipinski definition) is 9. The van der Waals surface area contributed by atoms with Crippen molar-refractivity contribution in [2.24, 2.45) is 5.41 Å². The van der Waals surface area contributed by atoms with Gasteiger partial charge in [0.1, 0.15) is 0 Å². The van der Waals surface area contributed by atoms with Gasteiger partial charge < -0.3 is 29.2 Å². The normalized spacial score (nSPS) is 18.6. The minimum atomic E-state index is -1.97. The van der Waals surface area contributed by atoms with Crippen molar-refractivity contribution >= 4 is 70.1 Å². The number of alkyl halides is 4. The molecule has 3 aliphatic rings. The Labute approximate surface area is 390 Å². The molecule has 3 aromatic rings. The highest BCUT2D eigenvalue weighted by atomic mass is 35.6. The lowest BCUT2D eigenvalue weighted by Crippen LogP contribution is -2.72. The Morgan fingerprint density at radius 2 is 1.58 bits per heavy atom. The van der Waals surface area contributed by atoms with Gasteiger partial charge in [-0.2, -0.15) is 0 Å². The first-order valence-electron chi connectivity index (χ1n) is 20.4. The number of hydrogen-bond donors (Lipinski definition) is 1. The number of likely N-dealkylation sites (tertiary alicyclic amines) is 2. The number of unbranched alkanes of at least 4 members (excludes halogenated alkanes) is 1. The van der Waals surface area contributed by atoms with Crippen molar-refractivity contribution in [3.63, 3.8) is 0 Å². The molecule has 0 bridgehead atoms. The summed E-state index contributed by atoms with van der Waals surface area (Å²) in [6.45, 7) is 7.79. The quantitative estimate of drug-likeness (QED) is 0.0720. The number of allylic oxidation sites excluding steroid dienone is 1. The maximum atomic E-state index is 14.9. The number of carbonyl (C=O) groups excluding carboxylic acids is 3. The first-order valence-corrected chi connectivity index (χ1v) is 21.9. The van der Waals surface area contributed by atoms with E-state index >= 15 is 0 Å². The predicted octanol–water partition coefficient (Wildman–Crippen LogP) is 10.5. The minimum Gasteiger partial charge on any atom is -0.503 e. The number of ether oxygens (including phenoxy) is 2. The molecular formula is C44H51Cl4F3N4O9. The van der Waals surface area contributed by atoms with Crippen LogP contribution in [0.15, 0.2) is 72.3 Å². The third-order valence-corrected chi connectivity index (χ3v) is 13.0. The molecule has 6 rings (SSSR count). The van der Waals surface area contributed by atoms with Crippen LogP contribution in [0.5, 0.6) is 5.75 Å². The molecule has 2 aliphatic heterocycles. The Morgan fingerprint density at radius 3 is 2.14 bits per heavy atom. The summed E-state index contributed by atoms with van der Waals surface area (Å²) >= 11 is 25.2. The van der Waals surface area contributed by atoms with Crippen molar-refractivity contribution in [2.75, 3.05) is 40.0 Å². The first-order chi connectivity index (χ1) is 30.3. The highest BCUT2D eigenvalue weighted by Gasteiger charge is 2.73. The molecule has 3 amide bonds. The van der Waals surface area contributed by atoms with E-state index in [2.05, 4.69) is 23.9 Å². The number of phenolic OH excluding ortho intramolecular Hbond substituents is 1. The lowest BCUT2D eigenvalue weighted by atomic mass is 9.66. The van der Waals surface area contributed by atoms with Crippen molar-refractivity contribution in [3.8, 4) is 5.75 Å². The van der Waals surface area contributed by atoms with Gasteiger partial charge in [-0.15, -0.1) is 10.1 Å². The SMILES string of the molecule is CCCc1ccc(C2=C(C(=O)N(CC)Cc3ccccc3Cl)C3N(C(=O)OC(C)(C)C(Cl)(Cl)Cl)C4CN(C(=O)OCCCCO[N+](=O)[O-])CC43C2)cc1.CF.Oc1c(F)cccc1F. The number of rotatable bonds is 14. The molecular weight excluding hydrogens is 927 g/mol. The van der Waals surface area contributed by atoms with Crippen LogP contribution < -0.4 is 0 Å². The number of likely N-dealkylation sites (N-methyl/N-ethyl adjacent to an activating group) is 1. The van der Waals surface area contributed by atoms with Gasteiger partial charge in [-0.05, 0) is 86.9 Å². The predicted molar refractivity (Wildman–Crippen MR) is 237 cm³/mol. The maximum Gasteiger partial charge on any atom is 0.411 e. The summed E-state index contributed by atoms with van der Waals surface area (Å²) in [5.74, 6) is -3.06. The van der Waals surface area contributed by atoms with Crippen LogP contribution in [0.2, 0.25) is 5.02 Å².